The molecule has 0 saturated heterocycles. The van der Waals surface area contributed by atoms with E-state index in [1.54, 1.807) is 15.3 Å². The van der Waals surface area contributed by atoms with Crippen molar-refractivity contribution in [3.63, 3.8) is 0 Å². The third kappa shape index (κ3) is 2.69. The molecule has 0 aliphatic carbocycles. The summed E-state index contributed by atoms with van der Waals surface area (Å²) in [4.78, 5) is 16.6. The fourth-order valence-electron chi connectivity index (χ4n) is 2.53. The molecule has 0 aliphatic rings. The van der Waals surface area contributed by atoms with Crippen LogP contribution in [0.25, 0.3) is 5.65 Å². The SMILES string of the molecule is Cc1cc(C)n2nc(NC(=O)Cc3cn(C)nc3C)cc2n1. The van der Waals surface area contributed by atoms with Crippen LogP contribution >= 0.6 is 0 Å². The molecule has 3 rings (SSSR count). The molecule has 0 radical (unpaired) electrons. The fourth-order valence-corrected chi connectivity index (χ4v) is 2.53. The minimum atomic E-state index is -0.117. The zero-order chi connectivity index (χ0) is 15.9. The summed E-state index contributed by atoms with van der Waals surface area (Å²) >= 11 is 0. The Bertz CT molecular complexity index is 860. The highest BCUT2D eigenvalue weighted by atomic mass is 16.1. The van der Waals surface area contributed by atoms with Crippen molar-refractivity contribution in [3.05, 3.63) is 41.0 Å². The Morgan fingerprint density at radius 2 is 2.00 bits per heavy atom. The van der Waals surface area contributed by atoms with E-state index in [9.17, 15) is 4.79 Å². The molecule has 0 aromatic carbocycles. The van der Waals surface area contributed by atoms with Gasteiger partial charge in [0.25, 0.3) is 0 Å². The second-order valence-corrected chi connectivity index (χ2v) is 5.48. The van der Waals surface area contributed by atoms with Crippen molar-refractivity contribution in [1.82, 2.24) is 24.4 Å². The molecule has 1 amide bonds. The molecule has 3 aromatic heterocycles. The zero-order valence-corrected chi connectivity index (χ0v) is 13.1. The van der Waals surface area contributed by atoms with E-state index in [1.165, 1.54) is 0 Å². The Hall–Kier alpha value is -2.70. The normalized spacial score (nSPS) is 11.1. The van der Waals surface area contributed by atoms with Crippen molar-refractivity contribution in [3.8, 4) is 0 Å². The Kier molecular flexibility index (Phi) is 3.40. The molecule has 114 valence electrons. The molecule has 3 aromatic rings. The van der Waals surface area contributed by atoms with Crippen LogP contribution in [0.5, 0.6) is 0 Å². The average molecular weight is 298 g/mol. The minimum Gasteiger partial charge on any atom is -0.309 e. The topological polar surface area (TPSA) is 77.1 Å². The van der Waals surface area contributed by atoms with Gasteiger partial charge >= 0.3 is 0 Å². The summed E-state index contributed by atoms with van der Waals surface area (Å²) in [5.41, 5.74) is 4.40. The molecule has 7 nitrogen and oxygen atoms in total. The van der Waals surface area contributed by atoms with Crippen LogP contribution in [0.4, 0.5) is 5.82 Å². The van der Waals surface area contributed by atoms with Gasteiger partial charge in [-0.05, 0) is 26.8 Å². The summed E-state index contributed by atoms with van der Waals surface area (Å²) in [6, 6.07) is 3.72. The molecule has 0 atom stereocenters. The highest BCUT2D eigenvalue weighted by Gasteiger charge is 2.12. The van der Waals surface area contributed by atoms with Gasteiger partial charge in [0.05, 0.1) is 12.1 Å². The number of hydrogen-bond acceptors (Lipinski definition) is 4. The first-order valence-electron chi connectivity index (χ1n) is 7.05. The molecule has 0 unspecified atom stereocenters. The van der Waals surface area contributed by atoms with Gasteiger partial charge in [0, 0.05) is 36.3 Å². The van der Waals surface area contributed by atoms with Crippen LogP contribution in [0.15, 0.2) is 18.3 Å². The first-order chi connectivity index (χ1) is 10.4. The molecule has 0 spiro atoms. The Labute approximate surface area is 128 Å². The van der Waals surface area contributed by atoms with Crippen LogP contribution in [0.2, 0.25) is 0 Å². The molecule has 7 heteroatoms. The quantitative estimate of drug-likeness (QED) is 0.796. The van der Waals surface area contributed by atoms with E-state index in [0.717, 1.165) is 28.3 Å². The maximum Gasteiger partial charge on any atom is 0.230 e. The number of aryl methyl sites for hydroxylation is 4. The predicted molar refractivity (Wildman–Crippen MR) is 82.7 cm³/mol. The third-order valence-electron chi connectivity index (χ3n) is 3.47. The smallest absolute Gasteiger partial charge is 0.230 e. The van der Waals surface area contributed by atoms with E-state index in [2.05, 4.69) is 20.5 Å². The van der Waals surface area contributed by atoms with Crippen molar-refractivity contribution >= 4 is 17.4 Å². The number of amides is 1. The maximum atomic E-state index is 12.2. The predicted octanol–water partition coefficient (Wildman–Crippen LogP) is 1.57. The monoisotopic (exact) mass is 298 g/mol. The molecular weight excluding hydrogens is 280 g/mol. The van der Waals surface area contributed by atoms with Crippen molar-refractivity contribution < 1.29 is 4.79 Å². The van der Waals surface area contributed by atoms with E-state index < -0.39 is 0 Å². The second-order valence-electron chi connectivity index (χ2n) is 5.48. The summed E-state index contributed by atoms with van der Waals surface area (Å²) < 4.78 is 3.43. The van der Waals surface area contributed by atoms with Gasteiger partial charge in [-0.15, -0.1) is 5.10 Å². The number of rotatable bonds is 3. The lowest BCUT2D eigenvalue weighted by atomic mass is 10.2. The first kappa shape index (κ1) is 14.2. The first-order valence-corrected chi connectivity index (χ1v) is 7.05. The summed E-state index contributed by atoms with van der Waals surface area (Å²) in [6.45, 7) is 5.78. The number of carbonyl (C=O) groups excluding carboxylic acids is 1. The van der Waals surface area contributed by atoms with Gasteiger partial charge in [-0.2, -0.15) is 5.10 Å². The van der Waals surface area contributed by atoms with Crippen molar-refractivity contribution in [1.29, 1.82) is 0 Å². The number of nitrogens with zero attached hydrogens (tertiary/aromatic N) is 5. The van der Waals surface area contributed by atoms with Crippen LogP contribution in [-0.2, 0) is 18.3 Å². The molecule has 0 aliphatic heterocycles. The van der Waals surface area contributed by atoms with Gasteiger partial charge < -0.3 is 5.32 Å². The lowest BCUT2D eigenvalue weighted by Gasteiger charge is -2.01. The van der Waals surface area contributed by atoms with Crippen molar-refractivity contribution in [2.45, 2.75) is 27.2 Å². The lowest BCUT2D eigenvalue weighted by molar-refractivity contribution is -0.115. The zero-order valence-electron chi connectivity index (χ0n) is 13.1. The van der Waals surface area contributed by atoms with Gasteiger partial charge in [0.2, 0.25) is 5.91 Å². The molecule has 0 bridgehead atoms. The van der Waals surface area contributed by atoms with Gasteiger partial charge in [0.15, 0.2) is 11.5 Å². The van der Waals surface area contributed by atoms with Crippen LogP contribution in [-0.4, -0.2) is 30.3 Å². The van der Waals surface area contributed by atoms with Crippen LogP contribution in [0, 0.1) is 20.8 Å². The lowest BCUT2D eigenvalue weighted by Crippen LogP contribution is -2.15. The molecule has 1 N–H and O–H groups in total. The van der Waals surface area contributed by atoms with E-state index in [4.69, 9.17) is 0 Å². The average Bonchev–Trinajstić information content (AvgIpc) is 2.93. The van der Waals surface area contributed by atoms with E-state index in [0.29, 0.717) is 5.82 Å². The molecule has 0 saturated carbocycles. The summed E-state index contributed by atoms with van der Waals surface area (Å²) in [7, 11) is 1.84. The van der Waals surface area contributed by atoms with Crippen LogP contribution in [0.3, 0.4) is 0 Å². The summed E-state index contributed by atoms with van der Waals surface area (Å²) in [5, 5.41) is 11.4. The van der Waals surface area contributed by atoms with Crippen LogP contribution < -0.4 is 5.32 Å². The van der Waals surface area contributed by atoms with Gasteiger partial charge in [-0.1, -0.05) is 0 Å². The minimum absolute atomic E-state index is 0.117. The Morgan fingerprint density at radius 1 is 1.23 bits per heavy atom. The Balaban J connectivity index is 1.79. The number of hydrogen-bond donors (Lipinski definition) is 1. The molecule has 22 heavy (non-hydrogen) atoms. The van der Waals surface area contributed by atoms with E-state index >= 15 is 0 Å². The third-order valence-corrected chi connectivity index (χ3v) is 3.47. The summed E-state index contributed by atoms with van der Waals surface area (Å²) in [6.07, 6.45) is 2.13. The van der Waals surface area contributed by atoms with Crippen LogP contribution in [0.1, 0.15) is 22.6 Å². The standard InChI is InChI=1S/C15H18N6O/c1-9-5-10(2)21-14(16-9)7-13(19-21)17-15(22)6-12-8-20(4)18-11(12)3/h5,7-8H,6H2,1-4H3,(H,17,19,22). The van der Waals surface area contributed by atoms with Gasteiger partial charge in [-0.25, -0.2) is 9.50 Å². The van der Waals surface area contributed by atoms with Gasteiger partial charge in [0.1, 0.15) is 0 Å². The highest BCUT2D eigenvalue weighted by Crippen LogP contribution is 2.13. The van der Waals surface area contributed by atoms with E-state index in [-0.39, 0.29) is 12.3 Å². The number of nitrogens with one attached hydrogen (secondary N) is 1. The fraction of sp³-hybridized carbons (Fsp3) is 0.333. The number of carbonyl (C=O) groups is 1. The highest BCUT2D eigenvalue weighted by molar-refractivity contribution is 5.91. The van der Waals surface area contributed by atoms with Crippen molar-refractivity contribution in [2.24, 2.45) is 7.05 Å². The van der Waals surface area contributed by atoms with Crippen molar-refractivity contribution in [2.75, 3.05) is 5.32 Å². The Morgan fingerprint density at radius 3 is 2.68 bits per heavy atom. The molecular formula is C15H18N6O. The number of fused-ring (bicyclic) bond motifs is 1. The van der Waals surface area contributed by atoms with Gasteiger partial charge in [-0.3, -0.25) is 9.48 Å². The number of aromatic nitrogens is 5. The molecule has 0 fully saturated rings. The largest absolute Gasteiger partial charge is 0.309 e. The maximum absolute atomic E-state index is 12.2. The second kappa shape index (κ2) is 5.25. The number of anilines is 1. The summed E-state index contributed by atoms with van der Waals surface area (Å²) in [5.74, 6) is 0.390. The molecule has 3 heterocycles. The van der Waals surface area contributed by atoms with E-state index in [1.807, 2.05) is 40.1 Å².